The zero-order valence-corrected chi connectivity index (χ0v) is 14.8. The molecule has 0 saturated heterocycles. The number of nitrogens with one attached hydrogen (secondary N) is 1. The molecule has 0 aliphatic heterocycles. The molecule has 0 atom stereocenters. The topological polar surface area (TPSA) is 84.7 Å². The van der Waals surface area contributed by atoms with Crippen molar-refractivity contribution in [2.45, 2.75) is 13.5 Å². The maximum atomic E-state index is 13.7. The van der Waals surface area contributed by atoms with Crippen molar-refractivity contribution in [3.63, 3.8) is 0 Å². The molecule has 1 amide bonds. The molecule has 0 radical (unpaired) electrons. The number of hydrogen-bond donors (Lipinski definition) is 1. The number of methoxy groups -OCH3 is 1. The number of nitro benzene ring substituents is 1. The van der Waals surface area contributed by atoms with Gasteiger partial charge < -0.3 is 10.1 Å². The Morgan fingerprint density at radius 1 is 1.31 bits per heavy atom. The van der Waals surface area contributed by atoms with Gasteiger partial charge in [0.2, 0.25) is 5.91 Å². The van der Waals surface area contributed by atoms with E-state index in [2.05, 4.69) is 5.32 Å². The molecule has 0 aromatic heterocycles. The third-order valence-electron chi connectivity index (χ3n) is 3.79. The van der Waals surface area contributed by atoms with Crippen molar-refractivity contribution in [3.8, 4) is 5.75 Å². The molecule has 26 heavy (non-hydrogen) atoms. The number of nitrogens with zero attached hydrogens (tertiary/aromatic N) is 2. The van der Waals surface area contributed by atoms with Gasteiger partial charge in [-0.05, 0) is 37.2 Å². The molecular weight excluding hydrogens is 341 g/mol. The van der Waals surface area contributed by atoms with Crippen LogP contribution in [0.3, 0.4) is 0 Å². The van der Waals surface area contributed by atoms with Gasteiger partial charge in [-0.25, -0.2) is 4.39 Å². The van der Waals surface area contributed by atoms with E-state index in [0.29, 0.717) is 17.8 Å². The number of non-ortho nitro benzene ring substituents is 1. The maximum Gasteiger partial charge on any atom is 0.271 e. The smallest absolute Gasteiger partial charge is 0.271 e. The Kier molecular flexibility index (Phi) is 6.24. The van der Waals surface area contributed by atoms with Gasteiger partial charge in [0.1, 0.15) is 0 Å². The van der Waals surface area contributed by atoms with Crippen LogP contribution in [0, 0.1) is 22.9 Å². The lowest BCUT2D eigenvalue weighted by Gasteiger charge is -2.17. The van der Waals surface area contributed by atoms with Crippen LogP contribution in [-0.4, -0.2) is 36.4 Å². The number of halogens is 1. The van der Waals surface area contributed by atoms with Crippen molar-refractivity contribution in [2.75, 3.05) is 26.0 Å². The quantitative estimate of drug-likeness (QED) is 0.605. The number of amides is 1. The fraction of sp³-hybridized carbons (Fsp3) is 0.278. The Morgan fingerprint density at radius 3 is 2.65 bits per heavy atom. The lowest BCUT2D eigenvalue weighted by Crippen LogP contribution is -2.30. The summed E-state index contributed by atoms with van der Waals surface area (Å²) in [4.78, 5) is 24.2. The second-order valence-electron chi connectivity index (χ2n) is 5.95. The number of nitro groups is 1. The summed E-state index contributed by atoms with van der Waals surface area (Å²) < 4.78 is 18.6. The number of anilines is 1. The molecule has 2 aromatic carbocycles. The SMILES string of the molecule is COc1ccc(CN(C)CC(=O)Nc2cc([N+](=O)[O-])ccc2C)cc1F. The van der Waals surface area contributed by atoms with Crippen molar-refractivity contribution in [2.24, 2.45) is 0 Å². The van der Waals surface area contributed by atoms with E-state index in [4.69, 9.17) is 4.74 Å². The van der Waals surface area contributed by atoms with Gasteiger partial charge >= 0.3 is 0 Å². The molecule has 8 heteroatoms. The highest BCUT2D eigenvalue weighted by molar-refractivity contribution is 5.93. The first kappa shape index (κ1) is 19.3. The number of carbonyl (C=O) groups is 1. The summed E-state index contributed by atoms with van der Waals surface area (Å²) in [6.07, 6.45) is 0. The predicted molar refractivity (Wildman–Crippen MR) is 95.7 cm³/mol. The van der Waals surface area contributed by atoms with E-state index in [0.717, 1.165) is 5.56 Å². The lowest BCUT2D eigenvalue weighted by atomic mass is 10.1. The molecule has 1 N–H and O–H groups in total. The van der Waals surface area contributed by atoms with Gasteiger partial charge in [0, 0.05) is 18.7 Å². The summed E-state index contributed by atoms with van der Waals surface area (Å²) >= 11 is 0. The highest BCUT2D eigenvalue weighted by Crippen LogP contribution is 2.22. The van der Waals surface area contributed by atoms with Gasteiger partial charge in [0.25, 0.3) is 5.69 Å². The van der Waals surface area contributed by atoms with Crippen LogP contribution in [0.15, 0.2) is 36.4 Å². The van der Waals surface area contributed by atoms with E-state index in [9.17, 15) is 19.3 Å². The van der Waals surface area contributed by atoms with Crippen molar-refractivity contribution in [3.05, 3.63) is 63.5 Å². The van der Waals surface area contributed by atoms with E-state index < -0.39 is 10.7 Å². The second-order valence-corrected chi connectivity index (χ2v) is 5.95. The Morgan fingerprint density at radius 2 is 2.04 bits per heavy atom. The number of rotatable bonds is 7. The fourth-order valence-corrected chi connectivity index (χ4v) is 2.47. The third kappa shape index (κ3) is 5.00. The highest BCUT2D eigenvalue weighted by atomic mass is 19.1. The molecule has 0 heterocycles. The average Bonchev–Trinajstić information content (AvgIpc) is 2.56. The van der Waals surface area contributed by atoms with E-state index in [1.165, 1.54) is 31.4 Å². The standard InChI is InChI=1S/C18H20FN3O4/c1-12-4-6-14(22(24)25)9-16(12)20-18(23)11-21(2)10-13-5-7-17(26-3)15(19)8-13/h4-9H,10-11H2,1-3H3,(H,20,23). The number of benzene rings is 2. The summed E-state index contributed by atoms with van der Waals surface area (Å²) in [7, 11) is 3.12. The molecule has 0 unspecified atom stereocenters. The molecule has 0 saturated carbocycles. The van der Waals surface area contributed by atoms with Crippen LogP contribution in [0.5, 0.6) is 5.75 Å². The Bertz CT molecular complexity index is 826. The minimum atomic E-state index is -0.514. The summed E-state index contributed by atoms with van der Waals surface area (Å²) in [5.74, 6) is -0.615. The summed E-state index contributed by atoms with van der Waals surface area (Å²) in [5, 5.41) is 13.5. The van der Waals surface area contributed by atoms with Crippen LogP contribution >= 0.6 is 0 Å². The zero-order chi connectivity index (χ0) is 19.3. The van der Waals surface area contributed by atoms with Crippen LogP contribution in [0.1, 0.15) is 11.1 Å². The number of carbonyl (C=O) groups excluding carboxylic acids is 1. The Hall–Kier alpha value is -3.00. The van der Waals surface area contributed by atoms with Crippen molar-refractivity contribution < 1.29 is 18.8 Å². The van der Waals surface area contributed by atoms with Crippen molar-refractivity contribution in [1.82, 2.24) is 4.90 Å². The molecule has 0 bridgehead atoms. The monoisotopic (exact) mass is 361 g/mol. The van der Waals surface area contributed by atoms with E-state index >= 15 is 0 Å². The first-order valence-corrected chi connectivity index (χ1v) is 7.86. The van der Waals surface area contributed by atoms with Crippen molar-refractivity contribution in [1.29, 1.82) is 0 Å². The molecule has 2 rings (SSSR count). The number of hydrogen-bond acceptors (Lipinski definition) is 5. The molecular formula is C18H20FN3O4. The first-order valence-electron chi connectivity index (χ1n) is 7.86. The Balaban J connectivity index is 1.98. The van der Waals surface area contributed by atoms with Crippen LogP contribution in [0.25, 0.3) is 0 Å². The third-order valence-corrected chi connectivity index (χ3v) is 3.79. The molecule has 0 spiro atoms. The van der Waals surface area contributed by atoms with Crippen LogP contribution in [0.4, 0.5) is 15.8 Å². The summed E-state index contributed by atoms with van der Waals surface area (Å²) in [5.41, 5.74) is 1.73. The minimum Gasteiger partial charge on any atom is -0.494 e. The van der Waals surface area contributed by atoms with Gasteiger partial charge in [-0.2, -0.15) is 0 Å². The van der Waals surface area contributed by atoms with Gasteiger partial charge in [0.05, 0.1) is 24.3 Å². The molecule has 2 aromatic rings. The van der Waals surface area contributed by atoms with Crippen LogP contribution in [0.2, 0.25) is 0 Å². The van der Waals surface area contributed by atoms with Gasteiger partial charge in [0.15, 0.2) is 11.6 Å². The van der Waals surface area contributed by atoms with Crippen LogP contribution in [-0.2, 0) is 11.3 Å². The molecule has 7 nitrogen and oxygen atoms in total. The second kappa shape index (κ2) is 8.39. The van der Waals surface area contributed by atoms with Gasteiger partial charge in [-0.15, -0.1) is 0 Å². The summed E-state index contributed by atoms with van der Waals surface area (Å²) in [6, 6.07) is 8.91. The molecule has 0 fully saturated rings. The summed E-state index contributed by atoms with van der Waals surface area (Å²) in [6.45, 7) is 2.17. The highest BCUT2D eigenvalue weighted by Gasteiger charge is 2.13. The molecule has 0 aliphatic rings. The van der Waals surface area contributed by atoms with E-state index in [-0.39, 0.29) is 23.9 Å². The number of ether oxygens (including phenoxy) is 1. The maximum absolute atomic E-state index is 13.7. The first-order chi connectivity index (χ1) is 12.3. The minimum absolute atomic E-state index is 0.0514. The van der Waals surface area contributed by atoms with E-state index in [1.807, 2.05) is 0 Å². The van der Waals surface area contributed by atoms with Gasteiger partial charge in [-0.3, -0.25) is 19.8 Å². The lowest BCUT2D eigenvalue weighted by molar-refractivity contribution is -0.384. The normalized spacial score (nSPS) is 10.7. The molecule has 0 aliphatic carbocycles. The fourth-order valence-electron chi connectivity index (χ4n) is 2.47. The Labute approximate surface area is 150 Å². The van der Waals surface area contributed by atoms with E-state index in [1.54, 1.807) is 31.0 Å². The average molecular weight is 361 g/mol. The molecule has 138 valence electrons. The number of likely N-dealkylation sites (N-methyl/N-ethyl adjacent to an activating group) is 1. The zero-order valence-electron chi connectivity index (χ0n) is 14.8. The van der Waals surface area contributed by atoms with Crippen molar-refractivity contribution >= 4 is 17.3 Å². The number of aryl methyl sites for hydroxylation is 1. The largest absolute Gasteiger partial charge is 0.494 e. The predicted octanol–water partition coefficient (Wildman–Crippen LogP) is 3.12. The van der Waals surface area contributed by atoms with Gasteiger partial charge in [-0.1, -0.05) is 12.1 Å². The van der Waals surface area contributed by atoms with Crippen LogP contribution < -0.4 is 10.1 Å².